The minimum atomic E-state index is -0.383. The van der Waals surface area contributed by atoms with Gasteiger partial charge in [-0.15, -0.1) is 11.3 Å². The molecule has 0 saturated heterocycles. The lowest BCUT2D eigenvalue weighted by Crippen LogP contribution is -2.12. The number of thioether (sulfide) groups is 1. The molecule has 0 amide bonds. The van der Waals surface area contributed by atoms with E-state index in [1.54, 1.807) is 17.5 Å². The number of nitrogens with one attached hydrogen (secondary N) is 1. The molecule has 20 heavy (non-hydrogen) atoms. The predicted octanol–water partition coefficient (Wildman–Crippen LogP) is 1.40. The Bertz CT molecular complexity index is 794. The van der Waals surface area contributed by atoms with Gasteiger partial charge in [-0.25, -0.2) is 4.98 Å². The van der Waals surface area contributed by atoms with Crippen molar-refractivity contribution in [2.75, 3.05) is 5.75 Å². The smallest absolute Gasteiger partial charge is 0.260 e. The molecule has 2 aromatic rings. The topological polar surface area (TPSA) is 113 Å². The zero-order valence-electron chi connectivity index (χ0n) is 10.5. The summed E-state index contributed by atoms with van der Waals surface area (Å²) in [6, 6.07) is 3.47. The van der Waals surface area contributed by atoms with Crippen LogP contribution >= 0.6 is 23.1 Å². The van der Waals surface area contributed by atoms with Crippen LogP contribution in [0, 0.1) is 11.3 Å². The molecule has 0 radical (unpaired) electrons. The largest absolute Gasteiger partial charge is 0.401 e. The molecule has 0 aromatic carbocycles. The van der Waals surface area contributed by atoms with Crippen molar-refractivity contribution in [2.24, 2.45) is 5.73 Å². The predicted molar refractivity (Wildman–Crippen MR) is 78.5 cm³/mol. The Morgan fingerprint density at radius 1 is 1.65 bits per heavy atom. The van der Waals surface area contributed by atoms with Crippen molar-refractivity contribution < 1.29 is 4.79 Å². The lowest BCUT2D eigenvalue weighted by molar-refractivity contribution is -0.112. The average Bonchev–Trinajstić information content (AvgIpc) is 2.85. The number of allylic oxidation sites excluding steroid dienone is 2. The van der Waals surface area contributed by atoms with E-state index < -0.39 is 0 Å². The maximum absolute atomic E-state index is 11.8. The van der Waals surface area contributed by atoms with Gasteiger partial charge in [-0.1, -0.05) is 11.8 Å². The van der Waals surface area contributed by atoms with E-state index in [0.29, 0.717) is 15.4 Å². The summed E-state index contributed by atoms with van der Waals surface area (Å²) in [6.45, 7) is 1.50. The van der Waals surface area contributed by atoms with Crippen molar-refractivity contribution in [3.05, 3.63) is 33.1 Å². The van der Waals surface area contributed by atoms with Gasteiger partial charge in [0, 0.05) is 5.70 Å². The molecule has 0 aliphatic rings. The zero-order chi connectivity index (χ0) is 14.7. The number of ketones is 1. The van der Waals surface area contributed by atoms with Crippen LogP contribution in [0.3, 0.4) is 0 Å². The van der Waals surface area contributed by atoms with Crippen LogP contribution in [0.2, 0.25) is 0 Å². The first-order valence-corrected chi connectivity index (χ1v) is 7.39. The van der Waals surface area contributed by atoms with Gasteiger partial charge < -0.3 is 10.7 Å². The highest BCUT2D eigenvalue weighted by Gasteiger charge is 2.13. The first kappa shape index (κ1) is 14.3. The lowest BCUT2D eigenvalue weighted by atomic mass is 10.2. The number of carbonyl (C=O) groups excluding carboxylic acids is 1. The van der Waals surface area contributed by atoms with Crippen molar-refractivity contribution in [3.8, 4) is 6.07 Å². The highest BCUT2D eigenvalue weighted by molar-refractivity contribution is 7.99. The van der Waals surface area contributed by atoms with Crippen molar-refractivity contribution >= 4 is 39.1 Å². The Balaban J connectivity index is 2.18. The molecule has 2 heterocycles. The van der Waals surface area contributed by atoms with Crippen LogP contribution in [0.4, 0.5) is 0 Å². The number of Topliss-reactive ketones (excluding diaryl/α,β-unsaturated/α-hetero) is 1. The van der Waals surface area contributed by atoms with E-state index in [1.807, 2.05) is 0 Å². The summed E-state index contributed by atoms with van der Waals surface area (Å²) in [6.07, 6.45) is 0. The van der Waals surface area contributed by atoms with E-state index in [4.69, 9.17) is 11.0 Å². The number of carbonyl (C=O) groups is 1. The highest BCUT2D eigenvalue weighted by atomic mass is 32.2. The number of nitrogens with zero attached hydrogens (tertiary/aromatic N) is 2. The fourth-order valence-electron chi connectivity index (χ4n) is 1.49. The van der Waals surface area contributed by atoms with E-state index in [-0.39, 0.29) is 28.4 Å². The maximum atomic E-state index is 11.8. The molecule has 6 nitrogen and oxygen atoms in total. The third-order valence-electron chi connectivity index (χ3n) is 2.44. The fraction of sp³-hybridized carbons (Fsp3) is 0.167. The summed E-state index contributed by atoms with van der Waals surface area (Å²) < 4.78 is 0. The number of thiophene rings is 1. The van der Waals surface area contributed by atoms with Gasteiger partial charge in [0.2, 0.25) is 0 Å². The molecule has 0 atom stereocenters. The Morgan fingerprint density at radius 2 is 2.40 bits per heavy atom. The Hall–Kier alpha value is -2.11. The van der Waals surface area contributed by atoms with E-state index in [2.05, 4.69) is 9.97 Å². The lowest BCUT2D eigenvalue weighted by Gasteiger charge is -2.01. The van der Waals surface area contributed by atoms with Gasteiger partial charge in [0.05, 0.1) is 11.1 Å². The summed E-state index contributed by atoms with van der Waals surface area (Å²) in [7, 11) is 0. The van der Waals surface area contributed by atoms with E-state index in [0.717, 1.165) is 11.8 Å². The van der Waals surface area contributed by atoms with Gasteiger partial charge in [0.15, 0.2) is 10.9 Å². The Labute approximate surface area is 122 Å². The first-order chi connectivity index (χ1) is 9.52. The number of hydrogen-bond acceptors (Lipinski definition) is 7. The number of nitrogens with two attached hydrogens (primary N) is 1. The van der Waals surface area contributed by atoms with E-state index in [9.17, 15) is 9.59 Å². The van der Waals surface area contributed by atoms with Crippen molar-refractivity contribution in [1.82, 2.24) is 9.97 Å². The van der Waals surface area contributed by atoms with Crippen LogP contribution in [-0.4, -0.2) is 21.5 Å². The van der Waals surface area contributed by atoms with E-state index >= 15 is 0 Å². The SMILES string of the molecule is C/C(N)=C(\C#N)C(=O)CSc1nc2sccc2c(=O)[nH]1. The van der Waals surface area contributed by atoms with Gasteiger partial charge in [-0.05, 0) is 18.4 Å². The molecule has 0 unspecified atom stereocenters. The number of hydrogen-bond donors (Lipinski definition) is 2. The summed E-state index contributed by atoms with van der Waals surface area (Å²) >= 11 is 2.43. The van der Waals surface area contributed by atoms with Crippen LogP contribution in [0.25, 0.3) is 10.2 Å². The average molecular weight is 306 g/mol. The summed E-state index contributed by atoms with van der Waals surface area (Å²) in [5.41, 5.74) is 5.35. The molecule has 3 N–H and O–H groups in total. The number of H-pyrrole nitrogens is 1. The molecule has 102 valence electrons. The highest BCUT2D eigenvalue weighted by Crippen LogP contribution is 2.19. The maximum Gasteiger partial charge on any atom is 0.260 e. The number of aromatic nitrogens is 2. The van der Waals surface area contributed by atoms with Crippen molar-refractivity contribution in [3.63, 3.8) is 0 Å². The van der Waals surface area contributed by atoms with Crippen LogP contribution in [0.15, 0.2) is 32.7 Å². The van der Waals surface area contributed by atoms with Crippen molar-refractivity contribution in [1.29, 1.82) is 5.26 Å². The number of fused-ring (bicyclic) bond motifs is 1. The molecule has 2 rings (SSSR count). The second-order valence-electron chi connectivity index (χ2n) is 3.89. The molecular formula is C12H10N4O2S2. The van der Waals surface area contributed by atoms with Crippen LogP contribution in [-0.2, 0) is 4.79 Å². The molecule has 0 aliphatic heterocycles. The number of aromatic amines is 1. The van der Waals surface area contributed by atoms with Crippen LogP contribution in [0.1, 0.15) is 6.92 Å². The standard InChI is InChI=1S/C12H10N4O2S2/c1-6(14)8(4-13)9(17)5-20-12-15-10(18)7-2-3-19-11(7)16-12/h2-3H,5,14H2,1H3,(H,15,16,18)/b8-6-. The zero-order valence-corrected chi connectivity index (χ0v) is 12.1. The minimum absolute atomic E-state index is 0.00272. The van der Waals surface area contributed by atoms with Gasteiger partial charge in [-0.3, -0.25) is 9.59 Å². The van der Waals surface area contributed by atoms with Gasteiger partial charge in [0.25, 0.3) is 5.56 Å². The Morgan fingerprint density at radius 3 is 3.05 bits per heavy atom. The molecule has 0 fully saturated rings. The summed E-state index contributed by atoms with van der Waals surface area (Å²) in [5, 5.41) is 11.5. The van der Waals surface area contributed by atoms with Crippen LogP contribution < -0.4 is 11.3 Å². The molecule has 8 heteroatoms. The molecule has 0 aliphatic carbocycles. The van der Waals surface area contributed by atoms with Gasteiger partial charge >= 0.3 is 0 Å². The van der Waals surface area contributed by atoms with E-state index in [1.165, 1.54) is 18.3 Å². The molecule has 2 aromatic heterocycles. The third kappa shape index (κ3) is 2.89. The first-order valence-electron chi connectivity index (χ1n) is 5.53. The minimum Gasteiger partial charge on any atom is -0.401 e. The van der Waals surface area contributed by atoms with Crippen molar-refractivity contribution in [2.45, 2.75) is 12.1 Å². The Kier molecular flexibility index (Phi) is 4.22. The third-order valence-corrected chi connectivity index (χ3v) is 4.12. The molecule has 0 spiro atoms. The molecule has 0 saturated carbocycles. The van der Waals surface area contributed by atoms with Crippen LogP contribution in [0.5, 0.6) is 0 Å². The number of rotatable bonds is 4. The van der Waals surface area contributed by atoms with Gasteiger partial charge in [0.1, 0.15) is 16.5 Å². The second-order valence-corrected chi connectivity index (χ2v) is 5.75. The quantitative estimate of drug-likeness (QED) is 0.382. The van der Waals surface area contributed by atoms with Gasteiger partial charge in [-0.2, -0.15) is 5.26 Å². The second kappa shape index (κ2) is 5.90. The monoisotopic (exact) mass is 306 g/mol. The number of nitriles is 1. The fourth-order valence-corrected chi connectivity index (χ4v) is 3.05. The summed E-state index contributed by atoms with van der Waals surface area (Å²) in [4.78, 5) is 31.0. The summed E-state index contributed by atoms with van der Waals surface area (Å²) in [5.74, 6) is -0.386. The normalized spacial score (nSPS) is 12.0. The molecular weight excluding hydrogens is 296 g/mol. The molecule has 0 bridgehead atoms.